The molecule has 0 heterocycles. The van der Waals surface area contributed by atoms with Gasteiger partial charge >= 0.3 is 0 Å². The third kappa shape index (κ3) is 4.44. The molecule has 0 amide bonds. The molecule has 3 nitrogen and oxygen atoms in total. The van der Waals surface area contributed by atoms with E-state index in [1.54, 1.807) is 18.2 Å². The maximum atomic E-state index is 11.3. The Bertz CT molecular complexity index is 433. The summed E-state index contributed by atoms with van der Waals surface area (Å²) >= 11 is 11.6. The number of hydrogen-bond acceptors (Lipinski definition) is 3. The molecule has 0 saturated carbocycles. The van der Waals surface area contributed by atoms with E-state index < -0.39 is 0 Å². The third-order valence-corrected chi connectivity index (χ3v) is 2.99. The number of nitrogens with zero attached hydrogens (tertiary/aromatic N) is 2. The van der Waals surface area contributed by atoms with E-state index in [9.17, 15) is 4.79 Å². The molecule has 1 aromatic carbocycles. The highest BCUT2D eigenvalue weighted by Crippen LogP contribution is 2.27. The van der Waals surface area contributed by atoms with Gasteiger partial charge in [-0.05, 0) is 31.5 Å². The standard InChI is InChI=1S/C12H14Cl2N2O/c1-3-4-12(8(2)17)16-15-9-5-6-10(13)11(14)7-9/h5-7,12H,3-4H2,1-2H3. The van der Waals surface area contributed by atoms with Crippen LogP contribution in [0.4, 0.5) is 5.69 Å². The van der Waals surface area contributed by atoms with Crippen molar-refractivity contribution in [1.82, 2.24) is 0 Å². The van der Waals surface area contributed by atoms with Crippen molar-refractivity contribution in [2.45, 2.75) is 32.7 Å². The Morgan fingerprint density at radius 1 is 1.35 bits per heavy atom. The summed E-state index contributed by atoms with van der Waals surface area (Å²) in [4.78, 5) is 11.3. The van der Waals surface area contributed by atoms with Crippen molar-refractivity contribution in [3.63, 3.8) is 0 Å². The van der Waals surface area contributed by atoms with Crippen molar-refractivity contribution in [2.24, 2.45) is 10.2 Å². The summed E-state index contributed by atoms with van der Waals surface area (Å²) in [6, 6.07) is 4.62. The monoisotopic (exact) mass is 272 g/mol. The summed E-state index contributed by atoms with van der Waals surface area (Å²) in [6.45, 7) is 3.53. The predicted octanol–water partition coefficient (Wildman–Crippen LogP) is 4.83. The maximum Gasteiger partial charge on any atom is 0.156 e. The molecule has 5 heteroatoms. The van der Waals surface area contributed by atoms with Gasteiger partial charge in [-0.2, -0.15) is 10.2 Å². The number of azo groups is 1. The zero-order chi connectivity index (χ0) is 12.8. The lowest BCUT2D eigenvalue weighted by atomic mass is 10.1. The maximum absolute atomic E-state index is 11.3. The van der Waals surface area contributed by atoms with E-state index >= 15 is 0 Å². The van der Waals surface area contributed by atoms with Crippen molar-refractivity contribution in [1.29, 1.82) is 0 Å². The van der Waals surface area contributed by atoms with Crippen molar-refractivity contribution in [3.05, 3.63) is 28.2 Å². The van der Waals surface area contributed by atoms with Crippen LogP contribution in [0.2, 0.25) is 10.0 Å². The Morgan fingerprint density at radius 2 is 2.06 bits per heavy atom. The highest BCUT2D eigenvalue weighted by atomic mass is 35.5. The first kappa shape index (κ1) is 14.1. The van der Waals surface area contributed by atoms with Gasteiger partial charge < -0.3 is 0 Å². The lowest BCUT2D eigenvalue weighted by Gasteiger charge is -2.04. The second kappa shape index (κ2) is 6.72. The fraction of sp³-hybridized carbons (Fsp3) is 0.417. The average molecular weight is 273 g/mol. The summed E-state index contributed by atoms with van der Waals surface area (Å²) in [7, 11) is 0. The lowest BCUT2D eigenvalue weighted by Crippen LogP contribution is -2.13. The van der Waals surface area contributed by atoms with Crippen LogP contribution in [0.25, 0.3) is 0 Å². The van der Waals surface area contributed by atoms with Crippen LogP contribution in [0.1, 0.15) is 26.7 Å². The number of ketones is 1. The Hall–Kier alpha value is -0.930. The molecule has 1 atom stereocenters. The fourth-order valence-electron chi connectivity index (χ4n) is 1.30. The molecule has 17 heavy (non-hydrogen) atoms. The first-order valence-corrected chi connectivity index (χ1v) is 6.16. The smallest absolute Gasteiger partial charge is 0.156 e. The highest BCUT2D eigenvalue weighted by Gasteiger charge is 2.11. The second-order valence-corrected chi connectivity index (χ2v) is 4.54. The average Bonchev–Trinajstić information content (AvgIpc) is 2.28. The molecule has 1 unspecified atom stereocenters. The number of rotatable bonds is 5. The number of halogens is 2. The molecular formula is C12H14Cl2N2O. The quantitative estimate of drug-likeness (QED) is 0.708. The minimum Gasteiger partial charge on any atom is -0.298 e. The summed E-state index contributed by atoms with van der Waals surface area (Å²) in [6.07, 6.45) is 1.60. The van der Waals surface area contributed by atoms with Gasteiger partial charge in [-0.1, -0.05) is 36.5 Å². The van der Waals surface area contributed by atoms with Crippen LogP contribution in [-0.4, -0.2) is 11.8 Å². The molecule has 0 aliphatic rings. The lowest BCUT2D eigenvalue weighted by molar-refractivity contribution is -0.118. The normalized spacial score (nSPS) is 12.9. The number of carbonyl (C=O) groups is 1. The minimum absolute atomic E-state index is 0.0238. The van der Waals surface area contributed by atoms with Crippen LogP contribution in [-0.2, 0) is 4.79 Å². The van der Waals surface area contributed by atoms with Gasteiger partial charge in [0.2, 0.25) is 0 Å². The largest absolute Gasteiger partial charge is 0.298 e. The number of hydrogen-bond donors (Lipinski definition) is 0. The predicted molar refractivity (Wildman–Crippen MR) is 70.4 cm³/mol. The zero-order valence-electron chi connectivity index (χ0n) is 9.78. The number of Topliss-reactive ketones (excluding diaryl/α,β-unsaturated/α-hetero) is 1. The fourth-order valence-corrected chi connectivity index (χ4v) is 1.59. The summed E-state index contributed by atoms with van der Waals surface area (Å²) < 4.78 is 0. The highest BCUT2D eigenvalue weighted by molar-refractivity contribution is 6.42. The molecule has 92 valence electrons. The summed E-state index contributed by atoms with van der Waals surface area (Å²) in [5.74, 6) is 0.0238. The van der Waals surface area contributed by atoms with Gasteiger partial charge in [-0.3, -0.25) is 4.79 Å². The van der Waals surface area contributed by atoms with Gasteiger partial charge in [0.1, 0.15) is 6.04 Å². The van der Waals surface area contributed by atoms with Gasteiger partial charge in [0, 0.05) is 0 Å². The van der Waals surface area contributed by atoms with Crippen molar-refractivity contribution in [3.8, 4) is 0 Å². The van der Waals surface area contributed by atoms with E-state index in [0.717, 1.165) is 6.42 Å². The molecule has 0 aliphatic carbocycles. The topological polar surface area (TPSA) is 41.8 Å². The third-order valence-electron chi connectivity index (χ3n) is 2.25. The van der Waals surface area contributed by atoms with Crippen LogP contribution in [0.3, 0.4) is 0 Å². The molecule has 0 bridgehead atoms. The molecule has 0 N–H and O–H groups in total. The Balaban J connectivity index is 2.80. The molecule has 0 aromatic heterocycles. The number of carbonyl (C=O) groups excluding carboxylic acids is 1. The van der Waals surface area contributed by atoms with Crippen LogP contribution < -0.4 is 0 Å². The Labute approximate surface area is 111 Å². The van der Waals surface area contributed by atoms with Crippen LogP contribution in [0.5, 0.6) is 0 Å². The van der Waals surface area contributed by atoms with Crippen molar-refractivity contribution in [2.75, 3.05) is 0 Å². The molecule has 1 rings (SSSR count). The molecular weight excluding hydrogens is 259 g/mol. The van der Waals surface area contributed by atoms with E-state index in [4.69, 9.17) is 23.2 Å². The number of benzene rings is 1. The van der Waals surface area contributed by atoms with E-state index in [1.165, 1.54) is 6.92 Å². The molecule has 0 aliphatic heterocycles. The Kier molecular flexibility index (Phi) is 5.59. The first-order chi connectivity index (χ1) is 8.04. The van der Waals surface area contributed by atoms with Crippen LogP contribution >= 0.6 is 23.2 Å². The SMILES string of the molecule is CCCC(N=Nc1ccc(Cl)c(Cl)c1)C(C)=O. The van der Waals surface area contributed by atoms with E-state index in [2.05, 4.69) is 10.2 Å². The van der Waals surface area contributed by atoms with E-state index in [1.807, 2.05) is 6.92 Å². The van der Waals surface area contributed by atoms with Gasteiger partial charge in [0.05, 0.1) is 15.7 Å². The second-order valence-electron chi connectivity index (χ2n) is 3.73. The zero-order valence-corrected chi connectivity index (χ0v) is 11.3. The van der Waals surface area contributed by atoms with Crippen molar-refractivity contribution < 1.29 is 4.79 Å². The summed E-state index contributed by atoms with van der Waals surface area (Å²) in [5.41, 5.74) is 0.599. The first-order valence-electron chi connectivity index (χ1n) is 5.41. The Morgan fingerprint density at radius 3 is 2.59 bits per heavy atom. The van der Waals surface area contributed by atoms with Gasteiger partial charge in [0.15, 0.2) is 5.78 Å². The van der Waals surface area contributed by atoms with Gasteiger partial charge in [-0.25, -0.2) is 0 Å². The molecule has 1 aromatic rings. The van der Waals surface area contributed by atoms with E-state index in [0.29, 0.717) is 22.2 Å². The van der Waals surface area contributed by atoms with Crippen molar-refractivity contribution >= 4 is 34.7 Å². The van der Waals surface area contributed by atoms with Crippen LogP contribution in [0, 0.1) is 0 Å². The molecule has 0 saturated heterocycles. The molecule has 0 fully saturated rings. The minimum atomic E-state index is -0.366. The van der Waals surface area contributed by atoms with E-state index in [-0.39, 0.29) is 11.8 Å². The molecule has 0 radical (unpaired) electrons. The van der Waals surface area contributed by atoms with Gasteiger partial charge in [-0.15, -0.1) is 0 Å². The summed E-state index contributed by atoms with van der Waals surface area (Å²) in [5, 5.41) is 8.94. The van der Waals surface area contributed by atoms with Crippen LogP contribution in [0.15, 0.2) is 28.4 Å². The van der Waals surface area contributed by atoms with Gasteiger partial charge in [0.25, 0.3) is 0 Å². The molecule has 0 spiro atoms.